The zero-order chi connectivity index (χ0) is 15.1. The van der Waals surface area contributed by atoms with Gasteiger partial charge in [0.1, 0.15) is 11.7 Å². The van der Waals surface area contributed by atoms with Gasteiger partial charge in [-0.1, -0.05) is 15.9 Å². The number of benzene rings is 1. The number of barbiturate groups is 1. The molecule has 1 unspecified atom stereocenters. The number of ether oxygens (including phenoxy) is 1. The Morgan fingerprint density at radius 1 is 1.38 bits per heavy atom. The van der Waals surface area contributed by atoms with Gasteiger partial charge in [-0.3, -0.25) is 19.8 Å². The monoisotopic (exact) mass is 352 g/mol. The van der Waals surface area contributed by atoms with E-state index in [-0.39, 0.29) is 6.54 Å². The fraction of sp³-hybridized carbons (Fsp3) is 0.357. The van der Waals surface area contributed by atoms with Crippen LogP contribution in [0.2, 0.25) is 0 Å². The second kappa shape index (κ2) is 5.14. The van der Waals surface area contributed by atoms with Crippen molar-refractivity contribution in [2.75, 3.05) is 6.61 Å². The van der Waals surface area contributed by atoms with Gasteiger partial charge in [-0.25, -0.2) is 4.79 Å². The highest BCUT2D eigenvalue weighted by molar-refractivity contribution is 9.10. The van der Waals surface area contributed by atoms with Crippen LogP contribution in [0.15, 0.2) is 16.6 Å². The molecule has 2 heterocycles. The Kier molecular flexibility index (Phi) is 3.44. The lowest BCUT2D eigenvalue weighted by atomic mass is 10.0. The summed E-state index contributed by atoms with van der Waals surface area (Å²) in [6, 6.07) is 3.11. The molecule has 4 amide bonds. The normalized spacial score (nSPS) is 21.1. The van der Waals surface area contributed by atoms with E-state index in [4.69, 9.17) is 4.74 Å². The first-order chi connectivity index (χ1) is 9.97. The smallest absolute Gasteiger partial charge is 0.331 e. The molecule has 110 valence electrons. The SMILES string of the molecule is CC1C(=O)NC(=O)N(Cc2cc(Br)cc3c2OCC3)C1=O. The van der Waals surface area contributed by atoms with Crippen molar-refractivity contribution in [2.24, 2.45) is 5.92 Å². The summed E-state index contributed by atoms with van der Waals surface area (Å²) in [5, 5.41) is 2.19. The lowest BCUT2D eigenvalue weighted by Crippen LogP contribution is -2.56. The molecule has 2 aliphatic rings. The average molecular weight is 353 g/mol. The molecule has 21 heavy (non-hydrogen) atoms. The second-order valence-corrected chi connectivity index (χ2v) is 6.01. The standard InChI is InChI=1S/C14H13BrN2O4/c1-7-12(18)16-14(20)17(13(7)19)6-9-5-10(15)4-8-2-3-21-11(8)9/h4-5,7H,2-3,6H2,1H3,(H,16,18,20). The van der Waals surface area contributed by atoms with Crippen LogP contribution in [0.1, 0.15) is 18.1 Å². The summed E-state index contributed by atoms with van der Waals surface area (Å²) >= 11 is 3.42. The van der Waals surface area contributed by atoms with Crippen molar-refractivity contribution >= 4 is 33.8 Å². The number of hydrogen-bond donors (Lipinski definition) is 1. The molecule has 0 bridgehead atoms. The third-order valence-corrected chi connectivity index (χ3v) is 4.12. The van der Waals surface area contributed by atoms with Crippen LogP contribution in [0.25, 0.3) is 0 Å². The first-order valence-electron chi connectivity index (χ1n) is 6.57. The Morgan fingerprint density at radius 2 is 2.14 bits per heavy atom. The van der Waals surface area contributed by atoms with Crippen molar-refractivity contribution in [3.8, 4) is 5.75 Å². The summed E-state index contributed by atoms with van der Waals surface area (Å²) in [6.45, 7) is 2.16. The highest BCUT2D eigenvalue weighted by Crippen LogP contribution is 2.34. The van der Waals surface area contributed by atoms with E-state index in [2.05, 4.69) is 21.2 Å². The summed E-state index contributed by atoms with van der Waals surface area (Å²) in [6.07, 6.45) is 0.802. The molecule has 7 heteroatoms. The van der Waals surface area contributed by atoms with Gasteiger partial charge < -0.3 is 4.74 Å². The molecule has 6 nitrogen and oxygen atoms in total. The van der Waals surface area contributed by atoms with Gasteiger partial charge >= 0.3 is 6.03 Å². The van der Waals surface area contributed by atoms with E-state index in [0.29, 0.717) is 6.61 Å². The molecule has 0 aromatic heterocycles. The highest BCUT2D eigenvalue weighted by Gasteiger charge is 2.38. The van der Waals surface area contributed by atoms with Crippen molar-refractivity contribution in [2.45, 2.75) is 19.9 Å². The molecule has 0 aliphatic carbocycles. The number of carbonyl (C=O) groups excluding carboxylic acids is 3. The molecule has 1 N–H and O–H groups in total. The number of nitrogens with zero attached hydrogens (tertiary/aromatic N) is 1. The third-order valence-electron chi connectivity index (χ3n) is 3.66. The molecule has 2 aliphatic heterocycles. The van der Waals surface area contributed by atoms with Crippen LogP contribution in [0.4, 0.5) is 4.79 Å². The Balaban J connectivity index is 1.92. The maximum atomic E-state index is 12.1. The van der Waals surface area contributed by atoms with Crippen molar-refractivity contribution in [3.63, 3.8) is 0 Å². The van der Waals surface area contributed by atoms with E-state index in [9.17, 15) is 14.4 Å². The number of urea groups is 1. The summed E-state index contributed by atoms with van der Waals surface area (Å²) in [5.74, 6) is -1.18. The van der Waals surface area contributed by atoms with Crippen molar-refractivity contribution < 1.29 is 19.1 Å². The lowest BCUT2D eigenvalue weighted by molar-refractivity contribution is -0.142. The van der Waals surface area contributed by atoms with E-state index >= 15 is 0 Å². The fourth-order valence-electron chi connectivity index (χ4n) is 2.51. The number of fused-ring (bicyclic) bond motifs is 1. The first-order valence-corrected chi connectivity index (χ1v) is 7.37. The van der Waals surface area contributed by atoms with Crippen LogP contribution in [-0.4, -0.2) is 29.4 Å². The van der Waals surface area contributed by atoms with Crippen molar-refractivity contribution in [3.05, 3.63) is 27.7 Å². The minimum absolute atomic E-state index is 0.0874. The lowest BCUT2D eigenvalue weighted by Gasteiger charge is -2.28. The number of amides is 4. The predicted octanol–water partition coefficient (Wildman–Crippen LogP) is 1.60. The maximum Gasteiger partial charge on any atom is 0.331 e. The number of imide groups is 2. The first kappa shape index (κ1) is 14.1. The zero-order valence-electron chi connectivity index (χ0n) is 11.3. The van der Waals surface area contributed by atoms with Gasteiger partial charge in [-0.05, 0) is 24.6 Å². The average Bonchev–Trinajstić information content (AvgIpc) is 2.89. The van der Waals surface area contributed by atoms with E-state index in [1.54, 1.807) is 0 Å². The Morgan fingerprint density at radius 3 is 2.90 bits per heavy atom. The van der Waals surface area contributed by atoms with Crippen LogP contribution in [0, 0.1) is 5.92 Å². The predicted molar refractivity (Wildman–Crippen MR) is 76.6 cm³/mol. The summed E-state index contributed by atoms with van der Waals surface area (Å²) < 4.78 is 6.46. The van der Waals surface area contributed by atoms with Gasteiger partial charge in [0.2, 0.25) is 11.8 Å². The molecule has 3 rings (SSSR count). The van der Waals surface area contributed by atoms with Gasteiger partial charge in [-0.2, -0.15) is 0 Å². The molecule has 1 atom stereocenters. The zero-order valence-corrected chi connectivity index (χ0v) is 12.9. The van der Waals surface area contributed by atoms with Gasteiger partial charge in [0.05, 0.1) is 13.2 Å². The number of nitrogens with one attached hydrogen (secondary N) is 1. The van der Waals surface area contributed by atoms with Crippen LogP contribution >= 0.6 is 15.9 Å². The fourth-order valence-corrected chi connectivity index (χ4v) is 3.06. The molecule has 0 spiro atoms. The van der Waals surface area contributed by atoms with E-state index in [1.807, 2.05) is 12.1 Å². The van der Waals surface area contributed by atoms with Gasteiger partial charge in [0.15, 0.2) is 0 Å². The molecule has 0 radical (unpaired) electrons. The quantitative estimate of drug-likeness (QED) is 0.820. The summed E-state index contributed by atoms with van der Waals surface area (Å²) in [5.41, 5.74) is 1.80. The van der Waals surface area contributed by atoms with E-state index < -0.39 is 23.8 Å². The van der Waals surface area contributed by atoms with Crippen LogP contribution in [0.5, 0.6) is 5.75 Å². The molecule has 1 fully saturated rings. The highest BCUT2D eigenvalue weighted by atomic mass is 79.9. The Labute approximate surface area is 129 Å². The number of carbonyl (C=O) groups is 3. The Bertz CT molecular complexity index is 659. The van der Waals surface area contributed by atoms with Crippen LogP contribution < -0.4 is 10.1 Å². The van der Waals surface area contributed by atoms with Crippen LogP contribution in [0.3, 0.4) is 0 Å². The molecule has 1 saturated heterocycles. The topological polar surface area (TPSA) is 75.7 Å². The molecular formula is C14H13BrN2O4. The molecule has 1 aromatic carbocycles. The number of hydrogen-bond acceptors (Lipinski definition) is 4. The van der Waals surface area contributed by atoms with Gasteiger partial charge in [0.25, 0.3) is 0 Å². The molecule has 1 aromatic rings. The molecule has 0 saturated carbocycles. The Hall–Kier alpha value is -1.89. The minimum Gasteiger partial charge on any atom is -0.493 e. The number of halogens is 1. The molecular weight excluding hydrogens is 340 g/mol. The minimum atomic E-state index is -0.858. The van der Waals surface area contributed by atoms with Gasteiger partial charge in [0, 0.05) is 16.5 Å². The van der Waals surface area contributed by atoms with Gasteiger partial charge in [-0.15, -0.1) is 0 Å². The summed E-state index contributed by atoms with van der Waals surface area (Å²) in [4.78, 5) is 36.5. The maximum absolute atomic E-state index is 12.1. The third kappa shape index (κ3) is 2.42. The van der Waals surface area contributed by atoms with Crippen LogP contribution in [-0.2, 0) is 22.6 Å². The van der Waals surface area contributed by atoms with Crippen molar-refractivity contribution in [1.29, 1.82) is 0 Å². The number of rotatable bonds is 2. The largest absolute Gasteiger partial charge is 0.493 e. The summed E-state index contributed by atoms with van der Waals surface area (Å²) in [7, 11) is 0. The second-order valence-electron chi connectivity index (χ2n) is 5.09. The van der Waals surface area contributed by atoms with E-state index in [0.717, 1.165) is 32.7 Å². The van der Waals surface area contributed by atoms with Crippen molar-refractivity contribution in [1.82, 2.24) is 10.2 Å². The van der Waals surface area contributed by atoms with E-state index in [1.165, 1.54) is 6.92 Å².